The van der Waals surface area contributed by atoms with E-state index in [2.05, 4.69) is 25.8 Å². The average molecular weight is 885 g/mol. The molecule has 2 fully saturated rings. The predicted octanol–water partition coefficient (Wildman–Crippen LogP) is 3.95. The molecule has 19 nitrogen and oxygen atoms in total. The number of H-pyrrole nitrogens is 1. The molecule has 3 aliphatic heterocycles. The molecular weight excluding hydrogens is 837 g/mol. The van der Waals surface area contributed by atoms with Crippen molar-refractivity contribution in [2.75, 3.05) is 45.0 Å². The van der Waals surface area contributed by atoms with Crippen molar-refractivity contribution in [3.63, 3.8) is 0 Å². The summed E-state index contributed by atoms with van der Waals surface area (Å²) in [5.74, 6) is -2.58. The summed E-state index contributed by atoms with van der Waals surface area (Å²) in [6.07, 6.45) is -1.87. The Bertz CT molecular complexity index is 2240. The van der Waals surface area contributed by atoms with Crippen molar-refractivity contribution in [1.29, 1.82) is 0 Å². The number of rotatable bonds is 20. The monoisotopic (exact) mass is 884 g/mol. The van der Waals surface area contributed by atoms with E-state index in [-0.39, 0.29) is 61.3 Å². The van der Waals surface area contributed by atoms with Crippen LogP contribution in [0.5, 0.6) is 17.2 Å². The fraction of sp³-hybridized carbons (Fsp3) is 0.475. The SMILES string of the molecule is Cc1nc(COc2ccc(C[C@H](NC(=O)O[C@H]3CO[C@H]4OCC[C@H]43)[C@@H](CN(CC(C)C)S(=O)(=O)c3ccc4c(c3)OCO4)C(OCC(=O)Nc3ccn[nH]3)C(=O)O)cc2)cs1. The normalized spacial score (nSPS) is 19.7. The number of carbonyl (C=O) groups is 3. The zero-order valence-corrected chi connectivity index (χ0v) is 35.3. The molecule has 0 saturated carbocycles. The minimum absolute atomic E-state index is 0.0191. The Morgan fingerprint density at radius 2 is 1.87 bits per heavy atom. The maximum Gasteiger partial charge on any atom is 0.407 e. The Morgan fingerprint density at radius 3 is 2.59 bits per heavy atom. The molecule has 1 unspecified atom stereocenters. The third kappa shape index (κ3) is 11.1. The van der Waals surface area contributed by atoms with Crippen molar-refractivity contribution in [2.24, 2.45) is 17.8 Å². The highest BCUT2D eigenvalue weighted by atomic mass is 32.2. The lowest BCUT2D eigenvalue weighted by atomic mass is 9.88. The molecule has 2 aromatic carbocycles. The summed E-state index contributed by atoms with van der Waals surface area (Å²) >= 11 is 1.51. The number of carboxylic acid groups (broad SMARTS) is 1. The number of nitrogens with one attached hydrogen (secondary N) is 3. The van der Waals surface area contributed by atoms with Crippen molar-refractivity contribution in [3.8, 4) is 17.2 Å². The van der Waals surface area contributed by atoms with Crippen molar-refractivity contribution in [2.45, 2.75) is 69.7 Å². The van der Waals surface area contributed by atoms with Gasteiger partial charge >= 0.3 is 12.1 Å². The minimum atomic E-state index is -4.37. The van der Waals surface area contributed by atoms with Gasteiger partial charge in [0, 0.05) is 42.6 Å². The van der Waals surface area contributed by atoms with Gasteiger partial charge in [-0.3, -0.25) is 9.89 Å². The van der Waals surface area contributed by atoms with Crippen LogP contribution in [0.1, 0.15) is 36.5 Å². The Hall–Kier alpha value is -5.32. The molecule has 3 aliphatic rings. The van der Waals surface area contributed by atoms with Gasteiger partial charge in [-0.2, -0.15) is 9.40 Å². The zero-order chi connectivity index (χ0) is 43.1. The van der Waals surface area contributed by atoms with Crippen LogP contribution < -0.4 is 24.8 Å². The van der Waals surface area contributed by atoms with Gasteiger partial charge in [-0.15, -0.1) is 11.3 Å². The second-order valence-corrected chi connectivity index (χ2v) is 18.2. The molecule has 2 amide bonds. The summed E-state index contributed by atoms with van der Waals surface area (Å²) < 4.78 is 70.2. The molecule has 0 aliphatic carbocycles. The third-order valence-electron chi connectivity index (χ3n) is 10.3. The Morgan fingerprint density at radius 1 is 1.07 bits per heavy atom. The molecule has 6 atom stereocenters. The molecule has 7 rings (SSSR count). The fourth-order valence-corrected chi connectivity index (χ4v) is 9.63. The van der Waals surface area contributed by atoms with Crippen LogP contribution >= 0.6 is 11.3 Å². The van der Waals surface area contributed by atoms with Crippen LogP contribution in [0, 0.1) is 24.7 Å². The van der Waals surface area contributed by atoms with Gasteiger partial charge in [-0.05, 0) is 55.5 Å². The molecule has 0 radical (unpaired) electrons. The number of sulfonamides is 1. The molecule has 5 heterocycles. The van der Waals surface area contributed by atoms with E-state index in [0.717, 1.165) is 15.0 Å². The quantitative estimate of drug-likeness (QED) is 0.0983. The first-order chi connectivity index (χ1) is 29.3. The van der Waals surface area contributed by atoms with E-state index >= 15 is 0 Å². The van der Waals surface area contributed by atoms with Crippen LogP contribution in [0.25, 0.3) is 0 Å². The minimum Gasteiger partial charge on any atom is -0.487 e. The van der Waals surface area contributed by atoms with Crippen molar-refractivity contribution in [3.05, 3.63) is 76.4 Å². The van der Waals surface area contributed by atoms with E-state index < -0.39 is 71.6 Å². The highest BCUT2D eigenvalue weighted by molar-refractivity contribution is 7.89. The first kappa shape index (κ1) is 43.8. The van der Waals surface area contributed by atoms with E-state index in [4.69, 9.17) is 33.2 Å². The number of hydrogen-bond donors (Lipinski definition) is 4. The van der Waals surface area contributed by atoms with Gasteiger partial charge in [0.1, 0.15) is 30.9 Å². The van der Waals surface area contributed by atoms with Crippen LogP contribution in [0.4, 0.5) is 10.6 Å². The Balaban J connectivity index is 1.22. The number of amides is 2. The molecular formula is C40H48N6O13S2. The highest BCUT2D eigenvalue weighted by Crippen LogP contribution is 2.36. The number of nitrogens with zero attached hydrogens (tertiary/aromatic N) is 3. The number of benzene rings is 2. The van der Waals surface area contributed by atoms with E-state index in [1.165, 1.54) is 41.8 Å². The van der Waals surface area contributed by atoms with E-state index in [9.17, 15) is 27.9 Å². The number of carboxylic acids is 1. The predicted molar refractivity (Wildman–Crippen MR) is 217 cm³/mol. The molecule has 2 saturated heterocycles. The number of aliphatic carboxylic acids is 1. The number of anilines is 1. The summed E-state index contributed by atoms with van der Waals surface area (Å²) in [4.78, 5) is 44.6. The summed E-state index contributed by atoms with van der Waals surface area (Å²) in [6, 6.07) is 11.5. The molecule has 0 bridgehead atoms. The maximum absolute atomic E-state index is 14.6. The van der Waals surface area contributed by atoms with Crippen LogP contribution in [0.3, 0.4) is 0 Å². The van der Waals surface area contributed by atoms with Gasteiger partial charge in [-0.25, -0.2) is 23.0 Å². The zero-order valence-electron chi connectivity index (χ0n) is 33.7. The van der Waals surface area contributed by atoms with Gasteiger partial charge < -0.3 is 48.9 Å². The van der Waals surface area contributed by atoms with Crippen LogP contribution in [0.15, 0.2) is 65.0 Å². The van der Waals surface area contributed by atoms with Gasteiger partial charge in [0.2, 0.25) is 16.8 Å². The third-order valence-corrected chi connectivity index (χ3v) is 12.9. The van der Waals surface area contributed by atoms with E-state index in [1.807, 2.05) is 26.2 Å². The number of carbonyl (C=O) groups excluding carboxylic acids is 2. The van der Waals surface area contributed by atoms with Crippen molar-refractivity contribution in [1.82, 2.24) is 24.8 Å². The summed E-state index contributed by atoms with van der Waals surface area (Å²) in [6.45, 7) is 4.98. The number of hydrogen-bond acceptors (Lipinski definition) is 15. The topological polar surface area (TPSA) is 239 Å². The number of aryl methyl sites for hydroxylation is 1. The first-order valence-corrected chi connectivity index (χ1v) is 22.0. The molecule has 21 heteroatoms. The van der Waals surface area contributed by atoms with E-state index in [0.29, 0.717) is 30.1 Å². The smallest absolute Gasteiger partial charge is 0.407 e. The molecule has 328 valence electrons. The number of aromatic nitrogens is 3. The Kier molecular flexibility index (Phi) is 14.1. The number of alkyl carbamates (subject to hydrolysis) is 1. The van der Waals surface area contributed by atoms with Crippen LogP contribution in [0.2, 0.25) is 0 Å². The van der Waals surface area contributed by atoms with Crippen LogP contribution in [-0.2, 0) is 51.6 Å². The Labute approximate surface area is 356 Å². The number of thiazole rings is 1. The van der Waals surface area contributed by atoms with Gasteiger partial charge in [0.15, 0.2) is 23.9 Å². The van der Waals surface area contributed by atoms with Gasteiger partial charge in [0.25, 0.3) is 5.91 Å². The largest absolute Gasteiger partial charge is 0.487 e. The molecule has 4 N–H and O–H groups in total. The lowest BCUT2D eigenvalue weighted by molar-refractivity contribution is -0.157. The molecule has 0 spiro atoms. The second kappa shape index (κ2) is 19.6. The number of fused-ring (bicyclic) bond motifs is 2. The summed E-state index contributed by atoms with van der Waals surface area (Å²) in [5.41, 5.74) is 1.41. The highest BCUT2D eigenvalue weighted by Gasteiger charge is 2.45. The standard InChI is InChI=1S/C40H48N6O13S2/c1-23(2)16-46(61(51,52)28-8-9-32-33(15-28)58-22-57-32)17-30(37(38(48)49)55-20-36(47)44-35-10-12-41-45-35)31(43-40(50)59-34-19-56-39-29(34)11-13-53-39)14-25-4-6-27(7-5-25)54-18-26-21-60-24(3)42-26/h4-10,12,15,21,23,29-31,34,37,39H,11,13-14,16-20,22H2,1-3H3,(H,43,50)(H,48,49)(H2,41,44,45,47)/t29-,30+,31-,34-,37?,39+/m0/s1. The lowest BCUT2D eigenvalue weighted by Gasteiger charge is -2.36. The lowest BCUT2D eigenvalue weighted by Crippen LogP contribution is -2.55. The van der Waals surface area contributed by atoms with Gasteiger partial charge in [-0.1, -0.05) is 26.0 Å². The number of ether oxygens (including phenoxy) is 7. The number of aromatic amines is 1. The second-order valence-electron chi connectivity index (χ2n) is 15.2. The summed E-state index contributed by atoms with van der Waals surface area (Å²) in [5, 5.41) is 25.5. The first-order valence-electron chi connectivity index (χ1n) is 19.7. The maximum atomic E-state index is 14.6. The fourth-order valence-electron chi connectivity index (χ4n) is 7.38. The average Bonchev–Trinajstić information content (AvgIpc) is 4.08. The summed E-state index contributed by atoms with van der Waals surface area (Å²) in [7, 11) is -4.37. The van der Waals surface area contributed by atoms with E-state index in [1.54, 1.807) is 24.3 Å². The molecule has 4 aromatic rings. The molecule has 61 heavy (non-hydrogen) atoms. The molecule has 2 aromatic heterocycles. The van der Waals surface area contributed by atoms with Crippen LogP contribution in [-0.4, -0.2) is 115 Å². The van der Waals surface area contributed by atoms with Crippen molar-refractivity contribution < 1.29 is 61.1 Å². The van der Waals surface area contributed by atoms with Crippen molar-refractivity contribution >= 4 is 45.1 Å². The van der Waals surface area contributed by atoms with Gasteiger partial charge in [0.05, 0.1) is 40.9 Å².